The van der Waals surface area contributed by atoms with Gasteiger partial charge in [0.1, 0.15) is 0 Å². The smallest absolute Gasteiger partial charge is 0.243 e. The van der Waals surface area contributed by atoms with Crippen molar-refractivity contribution in [2.24, 2.45) is 0 Å². The molecule has 0 saturated carbocycles. The van der Waals surface area contributed by atoms with E-state index in [-0.39, 0.29) is 18.0 Å². The minimum Gasteiger partial charge on any atom is -0.372 e. The number of halogens is 1. The molecule has 1 N–H and O–H groups in total. The molecule has 0 bridgehead atoms. The normalized spacial score (nSPS) is 22.2. The fourth-order valence-electron chi connectivity index (χ4n) is 3.06. The van der Waals surface area contributed by atoms with Gasteiger partial charge in [-0.3, -0.25) is 0 Å². The molecule has 0 amide bonds. The second-order valence-electron chi connectivity index (χ2n) is 5.93. The van der Waals surface area contributed by atoms with Crippen molar-refractivity contribution >= 4 is 22.4 Å². The van der Waals surface area contributed by atoms with Crippen LogP contribution in [0.25, 0.3) is 0 Å². The molecule has 22 heavy (non-hydrogen) atoms. The van der Waals surface area contributed by atoms with E-state index < -0.39 is 10.0 Å². The minimum atomic E-state index is -3.42. The number of ether oxygens (including phenoxy) is 1. The number of hydrogen-bond acceptors (Lipinski definition) is 4. The van der Waals surface area contributed by atoms with Crippen molar-refractivity contribution in [1.82, 2.24) is 9.62 Å². The molecule has 0 aromatic heterocycles. The Morgan fingerprint density at radius 2 is 1.82 bits per heavy atom. The van der Waals surface area contributed by atoms with Crippen molar-refractivity contribution < 1.29 is 13.2 Å². The maximum absolute atomic E-state index is 12.8. The maximum atomic E-state index is 12.8. The number of nitrogens with zero attached hydrogens (tertiary/aromatic N) is 1. The van der Waals surface area contributed by atoms with Crippen LogP contribution in [0, 0.1) is 6.92 Å². The van der Waals surface area contributed by atoms with Crippen LogP contribution in [0.15, 0.2) is 29.2 Å². The van der Waals surface area contributed by atoms with Crippen LogP contribution in [0.5, 0.6) is 0 Å². The summed E-state index contributed by atoms with van der Waals surface area (Å²) < 4.78 is 33.1. The van der Waals surface area contributed by atoms with E-state index in [9.17, 15) is 8.42 Å². The van der Waals surface area contributed by atoms with E-state index in [0.29, 0.717) is 24.6 Å². The summed E-state index contributed by atoms with van der Waals surface area (Å²) in [5.41, 5.74) is 0.757. The van der Waals surface area contributed by atoms with Gasteiger partial charge < -0.3 is 10.1 Å². The molecule has 2 saturated heterocycles. The molecule has 2 aliphatic rings. The van der Waals surface area contributed by atoms with E-state index >= 15 is 0 Å². The molecule has 2 fully saturated rings. The van der Waals surface area contributed by atoms with Gasteiger partial charge >= 0.3 is 0 Å². The van der Waals surface area contributed by atoms with E-state index in [1.165, 1.54) is 0 Å². The van der Waals surface area contributed by atoms with Crippen LogP contribution in [0.1, 0.15) is 18.4 Å². The standard InChI is InChI=1S/C15H22N2O3S.ClH/c1-13-2-4-14(5-3-13)21(18,19)17-10-11-20-15(12-17)6-8-16-9-7-15;/h2-5,16H,6-12H2,1H3;1H. The Morgan fingerprint density at radius 1 is 1.18 bits per heavy atom. The number of rotatable bonds is 2. The number of aryl methyl sites for hydroxylation is 1. The van der Waals surface area contributed by atoms with Crippen molar-refractivity contribution in [2.45, 2.75) is 30.3 Å². The fourth-order valence-corrected chi connectivity index (χ4v) is 4.56. The van der Waals surface area contributed by atoms with Gasteiger partial charge in [-0.15, -0.1) is 12.4 Å². The lowest BCUT2D eigenvalue weighted by Gasteiger charge is -2.44. The highest BCUT2D eigenvalue weighted by Crippen LogP contribution is 2.30. The molecule has 1 aromatic rings. The number of hydrogen-bond donors (Lipinski definition) is 1. The molecular weight excluding hydrogens is 324 g/mol. The monoisotopic (exact) mass is 346 g/mol. The van der Waals surface area contributed by atoms with Gasteiger partial charge in [-0.05, 0) is 45.0 Å². The lowest BCUT2D eigenvalue weighted by Crippen LogP contribution is -2.57. The van der Waals surface area contributed by atoms with Crippen molar-refractivity contribution in [1.29, 1.82) is 0 Å². The molecule has 0 atom stereocenters. The first kappa shape index (κ1) is 17.7. The fraction of sp³-hybridized carbons (Fsp3) is 0.600. The van der Waals surface area contributed by atoms with E-state index in [4.69, 9.17) is 4.74 Å². The lowest BCUT2D eigenvalue weighted by atomic mass is 9.91. The Bertz CT molecular complexity index is 592. The molecule has 0 radical (unpaired) electrons. The molecule has 2 heterocycles. The number of sulfonamides is 1. The van der Waals surface area contributed by atoms with Crippen LogP contribution in [0.3, 0.4) is 0 Å². The van der Waals surface area contributed by atoms with Gasteiger partial charge in [0, 0.05) is 13.1 Å². The van der Waals surface area contributed by atoms with Crippen LogP contribution in [0.2, 0.25) is 0 Å². The highest BCUT2D eigenvalue weighted by molar-refractivity contribution is 7.89. The van der Waals surface area contributed by atoms with Crippen LogP contribution in [-0.2, 0) is 14.8 Å². The maximum Gasteiger partial charge on any atom is 0.243 e. The van der Waals surface area contributed by atoms with Gasteiger partial charge in [0.2, 0.25) is 10.0 Å². The molecule has 0 aliphatic carbocycles. The highest BCUT2D eigenvalue weighted by Gasteiger charge is 2.41. The van der Waals surface area contributed by atoms with Crippen LogP contribution in [-0.4, -0.2) is 51.1 Å². The van der Waals surface area contributed by atoms with E-state index in [1.54, 1.807) is 16.4 Å². The third-order valence-corrected chi connectivity index (χ3v) is 6.25. The summed E-state index contributed by atoms with van der Waals surface area (Å²) >= 11 is 0. The SMILES string of the molecule is Cc1ccc(S(=O)(=O)N2CCOC3(CCNCC3)C2)cc1.Cl. The number of nitrogens with one attached hydrogen (secondary N) is 1. The molecule has 7 heteroatoms. The summed E-state index contributed by atoms with van der Waals surface area (Å²) in [5.74, 6) is 0. The van der Waals surface area contributed by atoms with Crippen LogP contribution >= 0.6 is 12.4 Å². The topological polar surface area (TPSA) is 58.6 Å². The summed E-state index contributed by atoms with van der Waals surface area (Å²) in [4.78, 5) is 0.374. The molecule has 1 spiro atoms. The van der Waals surface area contributed by atoms with E-state index in [1.807, 2.05) is 19.1 Å². The largest absolute Gasteiger partial charge is 0.372 e. The third-order valence-electron chi connectivity index (χ3n) is 4.39. The summed E-state index contributed by atoms with van der Waals surface area (Å²) in [6, 6.07) is 7.06. The Kier molecular flexibility index (Phi) is 5.50. The molecule has 1 aromatic carbocycles. The van der Waals surface area contributed by atoms with Gasteiger partial charge in [-0.2, -0.15) is 4.31 Å². The first-order valence-electron chi connectivity index (χ1n) is 7.43. The molecule has 3 rings (SSSR count). The second-order valence-corrected chi connectivity index (χ2v) is 7.87. The molecule has 2 aliphatic heterocycles. The van der Waals surface area contributed by atoms with Gasteiger partial charge in [0.25, 0.3) is 0 Å². The zero-order chi connectivity index (χ0) is 14.9. The second kappa shape index (κ2) is 6.84. The van der Waals surface area contributed by atoms with Gasteiger partial charge in [0.05, 0.1) is 17.1 Å². The van der Waals surface area contributed by atoms with Gasteiger partial charge in [0.15, 0.2) is 0 Å². The summed E-state index contributed by atoms with van der Waals surface area (Å²) in [6.45, 7) is 5.10. The number of morpholine rings is 1. The van der Waals surface area contributed by atoms with E-state index in [0.717, 1.165) is 31.5 Å². The first-order chi connectivity index (χ1) is 10.0. The molecular formula is C15H23ClN2O3S. The summed E-state index contributed by atoms with van der Waals surface area (Å²) in [5, 5.41) is 3.30. The Balaban J connectivity index is 0.00000176. The minimum absolute atomic E-state index is 0. The van der Waals surface area contributed by atoms with Crippen LogP contribution < -0.4 is 5.32 Å². The van der Waals surface area contributed by atoms with Crippen molar-refractivity contribution in [2.75, 3.05) is 32.8 Å². The van der Waals surface area contributed by atoms with Crippen LogP contribution in [0.4, 0.5) is 0 Å². The highest BCUT2D eigenvalue weighted by atomic mass is 35.5. The lowest BCUT2D eigenvalue weighted by molar-refractivity contribution is -0.105. The molecule has 5 nitrogen and oxygen atoms in total. The average molecular weight is 347 g/mol. The van der Waals surface area contributed by atoms with E-state index in [2.05, 4.69) is 5.32 Å². The van der Waals surface area contributed by atoms with Gasteiger partial charge in [-0.25, -0.2) is 8.42 Å². The third kappa shape index (κ3) is 3.46. The van der Waals surface area contributed by atoms with Gasteiger partial charge in [-0.1, -0.05) is 17.7 Å². The summed E-state index contributed by atoms with van der Waals surface area (Å²) in [7, 11) is -3.42. The Hall–Kier alpha value is -0.660. The predicted octanol–water partition coefficient (Wildman–Crippen LogP) is 1.56. The Morgan fingerprint density at radius 3 is 2.45 bits per heavy atom. The van der Waals surface area contributed by atoms with Crippen molar-refractivity contribution in [3.05, 3.63) is 29.8 Å². The first-order valence-corrected chi connectivity index (χ1v) is 8.87. The van der Waals surface area contributed by atoms with Crippen molar-refractivity contribution in [3.8, 4) is 0 Å². The molecule has 0 unspecified atom stereocenters. The average Bonchev–Trinajstić information content (AvgIpc) is 2.48. The number of benzene rings is 1. The molecule has 124 valence electrons. The Labute approximate surface area is 138 Å². The number of piperidine rings is 1. The predicted molar refractivity (Wildman–Crippen MR) is 88.0 cm³/mol. The van der Waals surface area contributed by atoms with Crippen molar-refractivity contribution in [3.63, 3.8) is 0 Å². The zero-order valence-electron chi connectivity index (χ0n) is 12.7. The quantitative estimate of drug-likeness (QED) is 0.883. The summed E-state index contributed by atoms with van der Waals surface area (Å²) in [6.07, 6.45) is 1.74. The zero-order valence-corrected chi connectivity index (χ0v) is 14.4.